The summed E-state index contributed by atoms with van der Waals surface area (Å²) in [5.41, 5.74) is 0.912. The third-order valence-corrected chi connectivity index (χ3v) is 4.17. The average molecular weight is 331 g/mol. The molecule has 24 heavy (non-hydrogen) atoms. The van der Waals surface area contributed by atoms with Gasteiger partial charge in [0.2, 0.25) is 0 Å². The molecular weight excluding hydrogens is 306 g/mol. The van der Waals surface area contributed by atoms with E-state index in [1.54, 1.807) is 30.9 Å². The Balaban J connectivity index is 2.41. The molecule has 1 heterocycles. The fourth-order valence-electron chi connectivity index (χ4n) is 2.83. The summed E-state index contributed by atoms with van der Waals surface area (Å²) in [6.07, 6.45) is 4.60. The molecule has 0 bridgehead atoms. The summed E-state index contributed by atoms with van der Waals surface area (Å²) in [7, 11) is 1.35. The zero-order valence-electron chi connectivity index (χ0n) is 14.8. The molecule has 1 aromatic rings. The first-order valence-corrected chi connectivity index (χ1v) is 8.16. The maximum atomic E-state index is 12.8. The molecule has 1 aromatic carbocycles. The van der Waals surface area contributed by atoms with Crippen molar-refractivity contribution in [3.8, 4) is 5.75 Å². The van der Waals surface area contributed by atoms with Crippen LogP contribution >= 0.6 is 0 Å². The van der Waals surface area contributed by atoms with Gasteiger partial charge in [0.15, 0.2) is 5.60 Å². The molecule has 0 unspecified atom stereocenters. The lowest BCUT2D eigenvalue weighted by molar-refractivity contribution is -0.132. The highest BCUT2D eigenvalue weighted by Crippen LogP contribution is 2.40. The van der Waals surface area contributed by atoms with Crippen LogP contribution in [0.25, 0.3) is 0 Å². The first-order valence-electron chi connectivity index (χ1n) is 8.16. The van der Waals surface area contributed by atoms with Crippen LogP contribution in [0.2, 0.25) is 0 Å². The fraction of sp³-hybridized carbons (Fsp3) is 0.474. The highest BCUT2D eigenvalue weighted by Gasteiger charge is 2.41. The van der Waals surface area contributed by atoms with Crippen LogP contribution in [0.1, 0.15) is 49.0 Å². The Hall–Kier alpha value is -2.30. The Morgan fingerprint density at radius 3 is 2.71 bits per heavy atom. The number of hydrogen-bond donors (Lipinski definition) is 0. The van der Waals surface area contributed by atoms with Gasteiger partial charge >= 0.3 is 5.97 Å². The molecule has 0 radical (unpaired) electrons. The summed E-state index contributed by atoms with van der Waals surface area (Å²) in [6.45, 7) is 9.65. The number of carbonyl (C=O) groups excluding carboxylic acids is 2. The Bertz CT molecular complexity index is 664. The molecule has 5 heteroatoms. The molecule has 0 saturated heterocycles. The van der Waals surface area contributed by atoms with Crippen molar-refractivity contribution in [2.75, 3.05) is 18.6 Å². The number of esters is 1. The van der Waals surface area contributed by atoms with Gasteiger partial charge in [-0.2, -0.15) is 0 Å². The van der Waals surface area contributed by atoms with Gasteiger partial charge in [0.05, 0.1) is 18.4 Å². The zero-order chi connectivity index (χ0) is 17.9. The first-order chi connectivity index (χ1) is 11.3. The average Bonchev–Trinajstić information content (AvgIpc) is 2.53. The predicted octanol–water partition coefficient (Wildman–Crippen LogP) is 3.64. The van der Waals surface area contributed by atoms with E-state index in [9.17, 15) is 9.59 Å². The Morgan fingerprint density at radius 2 is 2.08 bits per heavy atom. The van der Waals surface area contributed by atoms with E-state index < -0.39 is 11.6 Å². The molecule has 0 spiro atoms. The Labute approximate surface area is 143 Å². The van der Waals surface area contributed by atoms with Gasteiger partial charge in [-0.3, -0.25) is 4.79 Å². The normalized spacial score (nSPS) is 15.5. The number of anilines is 1. The predicted molar refractivity (Wildman–Crippen MR) is 93.6 cm³/mol. The van der Waals surface area contributed by atoms with Crippen LogP contribution in [0.5, 0.6) is 5.75 Å². The van der Waals surface area contributed by atoms with Gasteiger partial charge < -0.3 is 14.4 Å². The van der Waals surface area contributed by atoms with Crippen molar-refractivity contribution in [2.45, 2.75) is 45.6 Å². The van der Waals surface area contributed by atoms with Gasteiger partial charge in [0.1, 0.15) is 5.75 Å². The highest BCUT2D eigenvalue weighted by molar-refractivity contribution is 6.04. The van der Waals surface area contributed by atoms with Crippen molar-refractivity contribution in [3.05, 3.63) is 35.9 Å². The molecule has 1 amide bonds. The van der Waals surface area contributed by atoms with Crippen LogP contribution < -0.4 is 9.64 Å². The molecule has 0 N–H and O–H groups in total. The van der Waals surface area contributed by atoms with Gasteiger partial charge in [-0.25, -0.2) is 4.79 Å². The molecule has 1 aliphatic rings. The van der Waals surface area contributed by atoms with Crippen molar-refractivity contribution in [2.24, 2.45) is 0 Å². The summed E-state index contributed by atoms with van der Waals surface area (Å²) in [4.78, 5) is 26.4. The molecule has 0 aliphatic carbocycles. The van der Waals surface area contributed by atoms with Gasteiger partial charge in [-0.1, -0.05) is 6.08 Å². The summed E-state index contributed by atoms with van der Waals surface area (Å²) >= 11 is 0. The number of ether oxygens (including phenoxy) is 2. The molecule has 0 aromatic heterocycles. The number of aryl methyl sites for hydroxylation is 1. The second kappa shape index (κ2) is 7.07. The molecule has 1 aliphatic heterocycles. The maximum absolute atomic E-state index is 12.8. The number of carbonyl (C=O) groups is 2. The lowest BCUT2D eigenvalue weighted by Gasteiger charge is -2.39. The number of rotatable bonds is 6. The third kappa shape index (κ3) is 3.45. The lowest BCUT2D eigenvalue weighted by atomic mass is 10.00. The molecule has 5 nitrogen and oxygen atoms in total. The second-order valence-corrected chi connectivity index (χ2v) is 6.48. The molecular formula is C19H25NO4. The van der Waals surface area contributed by atoms with Crippen molar-refractivity contribution in [1.82, 2.24) is 0 Å². The SMILES string of the molecule is C=CCCCCN1C(=O)C(C)(C)Oc2cc(C)c(C(=O)OC)cc21. The Kier molecular flexibility index (Phi) is 5.32. The summed E-state index contributed by atoms with van der Waals surface area (Å²) in [6, 6.07) is 3.49. The number of allylic oxidation sites excluding steroid dienone is 1. The lowest BCUT2D eigenvalue weighted by Crippen LogP contribution is -2.52. The van der Waals surface area contributed by atoms with Crippen LogP contribution in [-0.4, -0.2) is 31.1 Å². The number of amides is 1. The number of hydrogen-bond acceptors (Lipinski definition) is 4. The van der Waals surface area contributed by atoms with Crippen molar-refractivity contribution >= 4 is 17.6 Å². The third-order valence-electron chi connectivity index (χ3n) is 4.17. The largest absolute Gasteiger partial charge is 0.476 e. The van der Waals surface area contributed by atoms with Gasteiger partial charge in [0, 0.05) is 6.54 Å². The van der Waals surface area contributed by atoms with Gasteiger partial charge in [-0.15, -0.1) is 6.58 Å². The minimum Gasteiger partial charge on any atom is -0.476 e. The zero-order valence-corrected chi connectivity index (χ0v) is 14.8. The number of benzene rings is 1. The first kappa shape index (κ1) is 18.0. The number of unbranched alkanes of at least 4 members (excludes halogenated alkanes) is 2. The van der Waals surface area contributed by atoms with E-state index in [0.29, 0.717) is 23.5 Å². The maximum Gasteiger partial charge on any atom is 0.338 e. The van der Waals surface area contributed by atoms with Crippen molar-refractivity contribution in [1.29, 1.82) is 0 Å². The summed E-state index contributed by atoms with van der Waals surface area (Å²) in [5.74, 6) is 0.0981. The molecule has 2 rings (SSSR count). The fourth-order valence-corrected chi connectivity index (χ4v) is 2.83. The van der Waals surface area contributed by atoms with Crippen LogP contribution in [0, 0.1) is 6.92 Å². The minimum absolute atomic E-state index is 0.103. The van der Waals surface area contributed by atoms with Crippen LogP contribution in [0.4, 0.5) is 5.69 Å². The van der Waals surface area contributed by atoms with E-state index in [1.165, 1.54) is 7.11 Å². The number of nitrogens with zero attached hydrogens (tertiary/aromatic N) is 1. The van der Waals surface area contributed by atoms with E-state index in [4.69, 9.17) is 9.47 Å². The molecule has 0 fully saturated rings. The van der Waals surface area contributed by atoms with Gasteiger partial charge in [-0.05, 0) is 57.7 Å². The summed E-state index contributed by atoms with van der Waals surface area (Å²) < 4.78 is 10.7. The van der Waals surface area contributed by atoms with Crippen molar-refractivity contribution in [3.63, 3.8) is 0 Å². The van der Waals surface area contributed by atoms with E-state index >= 15 is 0 Å². The van der Waals surface area contributed by atoms with Crippen molar-refractivity contribution < 1.29 is 19.1 Å². The number of fused-ring (bicyclic) bond motifs is 1. The van der Waals surface area contributed by atoms with Crippen LogP contribution in [-0.2, 0) is 9.53 Å². The molecule has 0 atom stereocenters. The quantitative estimate of drug-likeness (QED) is 0.454. The van der Waals surface area contributed by atoms with Crippen LogP contribution in [0.15, 0.2) is 24.8 Å². The van der Waals surface area contributed by atoms with E-state index in [2.05, 4.69) is 6.58 Å². The second-order valence-electron chi connectivity index (χ2n) is 6.48. The minimum atomic E-state index is -0.926. The summed E-state index contributed by atoms with van der Waals surface area (Å²) in [5, 5.41) is 0. The topological polar surface area (TPSA) is 55.8 Å². The Morgan fingerprint density at radius 1 is 1.38 bits per heavy atom. The monoisotopic (exact) mass is 331 g/mol. The van der Waals surface area contributed by atoms with Crippen LogP contribution in [0.3, 0.4) is 0 Å². The van der Waals surface area contributed by atoms with E-state index in [0.717, 1.165) is 24.8 Å². The smallest absolute Gasteiger partial charge is 0.338 e. The van der Waals surface area contributed by atoms with E-state index in [1.807, 2.05) is 13.0 Å². The molecule has 130 valence electrons. The molecule has 0 saturated carbocycles. The highest BCUT2D eigenvalue weighted by atomic mass is 16.5. The van der Waals surface area contributed by atoms with E-state index in [-0.39, 0.29) is 5.91 Å². The number of methoxy groups -OCH3 is 1. The standard InChI is InChI=1S/C19H25NO4/c1-6-7-8-9-10-20-15-12-14(17(21)23-5)13(2)11-16(15)24-19(3,4)18(20)22/h6,11-12H,1,7-10H2,2-5H3. The van der Waals surface area contributed by atoms with Gasteiger partial charge in [0.25, 0.3) is 5.91 Å².